The van der Waals surface area contributed by atoms with Gasteiger partial charge in [-0.2, -0.15) is 4.98 Å². The Kier molecular flexibility index (Phi) is 5.63. The Bertz CT molecular complexity index is 1100. The molecule has 0 atom stereocenters. The van der Waals surface area contributed by atoms with Crippen molar-refractivity contribution in [2.45, 2.75) is 51.0 Å². The van der Waals surface area contributed by atoms with Crippen LogP contribution in [0.1, 0.15) is 45.6 Å². The SMILES string of the molecule is CN(c1cc(-c2ccccc2)nc(Nc2ccc(C3(C(=O)O)CCC3)cc2)n1)C(C)(C)C. The second-order valence-corrected chi connectivity index (χ2v) is 9.47. The van der Waals surface area contributed by atoms with E-state index in [-0.39, 0.29) is 5.54 Å². The third-order valence-electron chi connectivity index (χ3n) is 6.44. The lowest BCUT2D eigenvalue weighted by Gasteiger charge is -2.38. The molecule has 1 aliphatic carbocycles. The Morgan fingerprint density at radius 1 is 1.03 bits per heavy atom. The fourth-order valence-corrected chi connectivity index (χ4v) is 3.92. The molecule has 0 amide bonds. The minimum Gasteiger partial charge on any atom is -0.481 e. The molecule has 0 aliphatic heterocycles. The maximum atomic E-state index is 11.8. The second kappa shape index (κ2) is 8.26. The third kappa shape index (κ3) is 4.17. The molecule has 1 saturated carbocycles. The molecule has 4 rings (SSSR count). The van der Waals surface area contributed by atoms with Crippen LogP contribution in [0.25, 0.3) is 11.3 Å². The lowest BCUT2D eigenvalue weighted by atomic mass is 9.64. The van der Waals surface area contributed by atoms with Crippen molar-refractivity contribution < 1.29 is 9.90 Å². The van der Waals surface area contributed by atoms with E-state index in [0.717, 1.165) is 34.7 Å². The normalized spacial score (nSPS) is 15.0. The second-order valence-electron chi connectivity index (χ2n) is 9.47. The Balaban J connectivity index is 1.66. The molecular weight excluding hydrogens is 400 g/mol. The number of nitrogens with one attached hydrogen (secondary N) is 1. The number of hydrogen-bond acceptors (Lipinski definition) is 5. The highest BCUT2D eigenvalue weighted by Crippen LogP contribution is 2.44. The van der Waals surface area contributed by atoms with Crippen LogP contribution in [0.4, 0.5) is 17.5 Å². The average Bonchev–Trinajstić information content (AvgIpc) is 2.73. The van der Waals surface area contributed by atoms with Gasteiger partial charge in [-0.05, 0) is 51.3 Å². The molecule has 0 bridgehead atoms. The van der Waals surface area contributed by atoms with Gasteiger partial charge in [-0.1, -0.05) is 48.9 Å². The van der Waals surface area contributed by atoms with E-state index >= 15 is 0 Å². The molecule has 2 aromatic carbocycles. The van der Waals surface area contributed by atoms with E-state index in [4.69, 9.17) is 9.97 Å². The highest BCUT2D eigenvalue weighted by atomic mass is 16.4. The van der Waals surface area contributed by atoms with Crippen molar-refractivity contribution in [2.75, 3.05) is 17.3 Å². The van der Waals surface area contributed by atoms with E-state index in [0.29, 0.717) is 18.8 Å². The van der Waals surface area contributed by atoms with Crippen LogP contribution in [0.15, 0.2) is 60.7 Å². The first-order chi connectivity index (χ1) is 15.2. The van der Waals surface area contributed by atoms with E-state index in [1.54, 1.807) is 0 Å². The first kappa shape index (κ1) is 21.8. The number of carboxylic acid groups (broad SMARTS) is 1. The number of carbonyl (C=O) groups is 1. The van der Waals surface area contributed by atoms with E-state index in [2.05, 4.69) is 31.0 Å². The molecule has 1 aliphatic rings. The summed E-state index contributed by atoms with van der Waals surface area (Å²) in [7, 11) is 2.03. The number of nitrogens with zero attached hydrogens (tertiary/aromatic N) is 3. The van der Waals surface area contributed by atoms with Crippen molar-refractivity contribution >= 4 is 23.4 Å². The van der Waals surface area contributed by atoms with E-state index in [9.17, 15) is 9.90 Å². The molecular formula is C26H30N4O2. The predicted molar refractivity (Wildman–Crippen MR) is 129 cm³/mol. The zero-order chi connectivity index (χ0) is 22.9. The summed E-state index contributed by atoms with van der Waals surface area (Å²) in [6, 6.07) is 19.7. The summed E-state index contributed by atoms with van der Waals surface area (Å²) in [5.74, 6) is 0.588. The topological polar surface area (TPSA) is 78.4 Å². The van der Waals surface area contributed by atoms with Gasteiger partial charge in [0.15, 0.2) is 0 Å². The highest BCUT2D eigenvalue weighted by molar-refractivity contribution is 5.82. The number of anilines is 3. The molecule has 1 fully saturated rings. The molecule has 6 heteroatoms. The Hall–Kier alpha value is -3.41. The number of carboxylic acids is 1. The van der Waals surface area contributed by atoms with Crippen LogP contribution in [0.2, 0.25) is 0 Å². The number of aromatic nitrogens is 2. The van der Waals surface area contributed by atoms with Crippen molar-refractivity contribution in [3.05, 3.63) is 66.2 Å². The highest BCUT2D eigenvalue weighted by Gasteiger charge is 2.45. The standard InChI is InChI=1S/C26H30N4O2/c1-25(2,3)30(4)22-17-21(18-9-6-5-7-10-18)28-24(29-22)27-20-13-11-19(12-14-20)26(23(31)32)15-8-16-26/h5-7,9-14,17H,8,15-16H2,1-4H3,(H,31,32)(H,27,28,29). The molecule has 1 aromatic heterocycles. The summed E-state index contributed by atoms with van der Waals surface area (Å²) in [6.45, 7) is 6.42. The maximum absolute atomic E-state index is 11.8. The quantitative estimate of drug-likeness (QED) is 0.528. The van der Waals surface area contributed by atoms with Gasteiger partial charge in [-0.3, -0.25) is 4.79 Å². The smallest absolute Gasteiger partial charge is 0.314 e. The third-order valence-corrected chi connectivity index (χ3v) is 6.44. The fourth-order valence-electron chi connectivity index (χ4n) is 3.92. The fraction of sp³-hybridized carbons (Fsp3) is 0.346. The number of benzene rings is 2. The monoisotopic (exact) mass is 430 g/mol. The van der Waals surface area contributed by atoms with Crippen molar-refractivity contribution in [1.29, 1.82) is 0 Å². The molecule has 2 N–H and O–H groups in total. The van der Waals surface area contributed by atoms with Crippen molar-refractivity contribution in [1.82, 2.24) is 9.97 Å². The van der Waals surface area contributed by atoms with Crippen molar-refractivity contribution in [3.63, 3.8) is 0 Å². The molecule has 166 valence electrons. The van der Waals surface area contributed by atoms with Gasteiger partial charge in [0.05, 0.1) is 11.1 Å². The van der Waals surface area contributed by atoms with Gasteiger partial charge in [-0.15, -0.1) is 0 Å². The summed E-state index contributed by atoms with van der Waals surface area (Å²) in [5, 5.41) is 13.0. The minimum atomic E-state index is -0.738. The lowest BCUT2D eigenvalue weighted by Crippen LogP contribution is -2.42. The maximum Gasteiger partial charge on any atom is 0.314 e. The minimum absolute atomic E-state index is 0.102. The lowest BCUT2D eigenvalue weighted by molar-refractivity contribution is -0.147. The summed E-state index contributed by atoms with van der Waals surface area (Å²) in [4.78, 5) is 23.4. The number of hydrogen-bond donors (Lipinski definition) is 2. The molecule has 0 radical (unpaired) electrons. The average molecular weight is 431 g/mol. The van der Waals surface area contributed by atoms with Gasteiger partial charge in [0.1, 0.15) is 5.82 Å². The van der Waals surface area contributed by atoms with Crippen LogP contribution in [-0.4, -0.2) is 33.6 Å². The van der Waals surface area contributed by atoms with E-state index < -0.39 is 11.4 Å². The molecule has 1 heterocycles. The Morgan fingerprint density at radius 2 is 1.69 bits per heavy atom. The molecule has 0 unspecified atom stereocenters. The van der Waals surface area contributed by atoms with Crippen molar-refractivity contribution in [2.24, 2.45) is 0 Å². The number of rotatable bonds is 6. The molecule has 6 nitrogen and oxygen atoms in total. The van der Waals surface area contributed by atoms with Gasteiger partial charge < -0.3 is 15.3 Å². The van der Waals surface area contributed by atoms with Crippen LogP contribution in [-0.2, 0) is 10.2 Å². The van der Waals surface area contributed by atoms with Gasteiger partial charge in [-0.25, -0.2) is 4.98 Å². The van der Waals surface area contributed by atoms with Gasteiger partial charge in [0.2, 0.25) is 5.95 Å². The van der Waals surface area contributed by atoms with Gasteiger partial charge >= 0.3 is 5.97 Å². The van der Waals surface area contributed by atoms with Crippen LogP contribution in [0.3, 0.4) is 0 Å². The first-order valence-electron chi connectivity index (χ1n) is 11.0. The zero-order valence-electron chi connectivity index (χ0n) is 19.1. The Labute approximate surface area is 189 Å². The summed E-state index contributed by atoms with van der Waals surface area (Å²) < 4.78 is 0. The summed E-state index contributed by atoms with van der Waals surface area (Å²) >= 11 is 0. The van der Waals surface area contributed by atoms with Gasteiger partial charge in [0.25, 0.3) is 0 Å². The first-order valence-corrected chi connectivity index (χ1v) is 11.0. The number of aliphatic carboxylic acids is 1. The molecule has 32 heavy (non-hydrogen) atoms. The molecule has 0 saturated heterocycles. The summed E-state index contributed by atoms with van der Waals surface area (Å²) in [5.41, 5.74) is 2.70. The van der Waals surface area contributed by atoms with Crippen LogP contribution in [0.5, 0.6) is 0 Å². The zero-order valence-corrected chi connectivity index (χ0v) is 19.1. The van der Waals surface area contributed by atoms with Crippen LogP contribution >= 0.6 is 0 Å². The molecule has 0 spiro atoms. The molecule has 3 aromatic rings. The van der Waals surface area contributed by atoms with E-state index in [1.165, 1.54) is 0 Å². The van der Waals surface area contributed by atoms with E-state index in [1.807, 2.05) is 67.7 Å². The summed E-state index contributed by atoms with van der Waals surface area (Å²) in [6.07, 6.45) is 2.34. The largest absolute Gasteiger partial charge is 0.481 e. The van der Waals surface area contributed by atoms with Gasteiger partial charge in [0, 0.05) is 29.9 Å². The van der Waals surface area contributed by atoms with Crippen molar-refractivity contribution in [3.8, 4) is 11.3 Å². The van der Waals surface area contributed by atoms with Crippen LogP contribution < -0.4 is 10.2 Å². The van der Waals surface area contributed by atoms with Crippen LogP contribution in [0, 0.1) is 0 Å². The Morgan fingerprint density at radius 3 is 2.22 bits per heavy atom. The predicted octanol–water partition coefficient (Wildman–Crippen LogP) is 5.63.